The van der Waals surface area contributed by atoms with E-state index in [1.165, 1.54) is 5.56 Å². The first-order valence-corrected chi connectivity index (χ1v) is 10.8. The van der Waals surface area contributed by atoms with Gasteiger partial charge in [-0.15, -0.1) is 0 Å². The minimum absolute atomic E-state index is 0.114. The van der Waals surface area contributed by atoms with Gasteiger partial charge in [-0.05, 0) is 32.9 Å². The van der Waals surface area contributed by atoms with E-state index in [9.17, 15) is 8.42 Å². The maximum absolute atomic E-state index is 12.8. The number of aryl methyl sites for hydroxylation is 2. The maximum Gasteiger partial charge on any atom is 0.244 e. The van der Waals surface area contributed by atoms with Crippen molar-refractivity contribution < 1.29 is 8.42 Å². The average molecular weight is 392 g/mol. The number of aromatic amines is 1. The van der Waals surface area contributed by atoms with Crippen LogP contribution >= 0.6 is 0 Å². The van der Waals surface area contributed by atoms with Gasteiger partial charge in [0, 0.05) is 38.8 Å². The normalized spacial score (nSPS) is 17.9. The molecule has 0 radical (unpaired) electrons. The van der Waals surface area contributed by atoms with Gasteiger partial charge in [0.25, 0.3) is 0 Å². The molecular formula is C19H29N5O2S. The second-order valence-corrected chi connectivity index (χ2v) is 9.00. The minimum Gasteiger partial charge on any atom is -0.304 e. The van der Waals surface area contributed by atoms with E-state index >= 15 is 0 Å². The van der Waals surface area contributed by atoms with Gasteiger partial charge in [0.1, 0.15) is 4.90 Å². The van der Waals surface area contributed by atoms with Gasteiger partial charge in [-0.1, -0.05) is 30.3 Å². The van der Waals surface area contributed by atoms with Crippen LogP contribution < -0.4 is 4.72 Å². The van der Waals surface area contributed by atoms with Crippen LogP contribution in [0.15, 0.2) is 35.2 Å². The number of nitrogens with one attached hydrogen (secondary N) is 2. The minimum atomic E-state index is -3.60. The molecule has 2 N–H and O–H groups in total. The lowest BCUT2D eigenvalue weighted by atomic mass is 10.0. The number of hydrogen-bond donors (Lipinski definition) is 2. The quantitative estimate of drug-likeness (QED) is 0.740. The van der Waals surface area contributed by atoms with Crippen molar-refractivity contribution in [2.75, 3.05) is 39.8 Å². The zero-order valence-electron chi connectivity index (χ0n) is 16.3. The Morgan fingerprint density at radius 3 is 2.41 bits per heavy atom. The summed E-state index contributed by atoms with van der Waals surface area (Å²) in [5.74, 6) is 0. The number of sulfonamides is 1. The number of benzene rings is 1. The van der Waals surface area contributed by atoms with Crippen LogP contribution in [-0.4, -0.2) is 74.2 Å². The number of hydrogen-bond acceptors (Lipinski definition) is 5. The summed E-state index contributed by atoms with van der Waals surface area (Å²) in [6, 6.07) is 10.4. The smallest absolute Gasteiger partial charge is 0.244 e. The molecular weight excluding hydrogens is 362 g/mol. The average Bonchev–Trinajstić information content (AvgIpc) is 2.99. The number of nitrogens with zero attached hydrogens (tertiary/aromatic N) is 3. The van der Waals surface area contributed by atoms with Crippen molar-refractivity contribution >= 4 is 10.0 Å². The number of rotatable bonds is 7. The fraction of sp³-hybridized carbons (Fsp3) is 0.526. The molecule has 1 saturated heterocycles. The van der Waals surface area contributed by atoms with Gasteiger partial charge in [0.2, 0.25) is 10.0 Å². The van der Waals surface area contributed by atoms with E-state index in [4.69, 9.17) is 0 Å². The zero-order chi connectivity index (χ0) is 19.4. The molecule has 2 aromatic rings. The summed E-state index contributed by atoms with van der Waals surface area (Å²) >= 11 is 0. The third-order valence-electron chi connectivity index (χ3n) is 5.21. The second-order valence-electron chi connectivity index (χ2n) is 7.30. The van der Waals surface area contributed by atoms with E-state index in [2.05, 4.69) is 43.9 Å². The van der Waals surface area contributed by atoms with Gasteiger partial charge in [0.05, 0.1) is 11.4 Å². The Balaban J connectivity index is 1.74. The molecule has 8 heteroatoms. The van der Waals surface area contributed by atoms with Gasteiger partial charge in [-0.2, -0.15) is 5.10 Å². The SMILES string of the molecule is Cc1n[nH]c(C)c1S(=O)(=O)NCC(Cc1ccccc1)N1CCN(C)CC1. The standard InChI is InChI=1S/C19H29N5O2S/c1-15-19(16(2)22-21-15)27(25,26)20-14-18(13-17-7-5-4-6-8-17)24-11-9-23(3)10-12-24/h4-8,18,20H,9-14H2,1-3H3,(H,21,22). The molecule has 1 unspecified atom stereocenters. The fourth-order valence-electron chi connectivity index (χ4n) is 3.62. The number of piperazine rings is 1. The van der Waals surface area contributed by atoms with E-state index < -0.39 is 10.0 Å². The van der Waals surface area contributed by atoms with Gasteiger partial charge in [-0.25, -0.2) is 13.1 Å². The lowest BCUT2D eigenvalue weighted by Crippen LogP contribution is -2.53. The molecule has 7 nitrogen and oxygen atoms in total. The van der Waals surface area contributed by atoms with Gasteiger partial charge >= 0.3 is 0 Å². The molecule has 1 aliphatic heterocycles. The van der Waals surface area contributed by atoms with Crippen molar-refractivity contribution in [3.63, 3.8) is 0 Å². The Morgan fingerprint density at radius 2 is 1.81 bits per heavy atom. The van der Waals surface area contributed by atoms with E-state index in [0.29, 0.717) is 17.9 Å². The molecule has 3 rings (SSSR count). The molecule has 1 atom stereocenters. The summed E-state index contributed by atoms with van der Waals surface area (Å²) < 4.78 is 28.5. The molecule has 0 spiro atoms. The third-order valence-corrected chi connectivity index (χ3v) is 6.89. The van der Waals surface area contributed by atoms with Crippen LogP contribution in [0.3, 0.4) is 0 Å². The summed E-state index contributed by atoms with van der Waals surface area (Å²) in [7, 11) is -1.47. The fourth-order valence-corrected chi connectivity index (χ4v) is 5.06. The highest BCUT2D eigenvalue weighted by molar-refractivity contribution is 7.89. The largest absolute Gasteiger partial charge is 0.304 e. The monoisotopic (exact) mass is 391 g/mol. The Hall–Kier alpha value is -1.74. The highest BCUT2D eigenvalue weighted by Gasteiger charge is 2.27. The number of H-pyrrole nitrogens is 1. The molecule has 0 bridgehead atoms. The Labute approximate surface area is 161 Å². The summed E-state index contributed by atoms with van der Waals surface area (Å²) in [6.07, 6.45) is 0.816. The number of likely N-dealkylation sites (N-methyl/N-ethyl adjacent to an activating group) is 1. The summed E-state index contributed by atoms with van der Waals surface area (Å²) in [5, 5.41) is 6.77. The Bertz CT molecular complexity index is 823. The first-order valence-electron chi connectivity index (χ1n) is 9.34. The van der Waals surface area contributed by atoms with Crippen LogP contribution in [0.2, 0.25) is 0 Å². The molecule has 1 aliphatic rings. The molecule has 1 aromatic carbocycles. The predicted octanol–water partition coefficient (Wildman–Crippen LogP) is 1.16. The van der Waals surface area contributed by atoms with Crippen molar-refractivity contribution in [1.82, 2.24) is 24.7 Å². The zero-order valence-corrected chi connectivity index (χ0v) is 17.1. The van der Waals surface area contributed by atoms with E-state index in [1.54, 1.807) is 13.8 Å². The highest BCUT2D eigenvalue weighted by Crippen LogP contribution is 2.17. The lowest BCUT2D eigenvalue weighted by molar-refractivity contribution is 0.112. The molecule has 1 fully saturated rings. The van der Waals surface area contributed by atoms with E-state index in [-0.39, 0.29) is 10.9 Å². The summed E-state index contributed by atoms with van der Waals surface area (Å²) in [6.45, 7) is 7.70. The number of aromatic nitrogens is 2. The highest BCUT2D eigenvalue weighted by atomic mass is 32.2. The third kappa shape index (κ3) is 4.95. The molecule has 148 valence electrons. The Morgan fingerprint density at radius 1 is 1.15 bits per heavy atom. The van der Waals surface area contributed by atoms with Crippen molar-refractivity contribution in [3.8, 4) is 0 Å². The first-order chi connectivity index (χ1) is 12.9. The van der Waals surface area contributed by atoms with E-state index in [0.717, 1.165) is 32.6 Å². The molecule has 0 amide bonds. The second kappa shape index (κ2) is 8.52. The molecule has 0 aliphatic carbocycles. The molecule has 27 heavy (non-hydrogen) atoms. The van der Waals surface area contributed by atoms with Gasteiger partial charge in [-0.3, -0.25) is 10.00 Å². The Kier molecular flexibility index (Phi) is 6.31. The van der Waals surface area contributed by atoms with Crippen LogP contribution in [0.5, 0.6) is 0 Å². The lowest BCUT2D eigenvalue weighted by Gasteiger charge is -2.38. The maximum atomic E-state index is 12.8. The van der Waals surface area contributed by atoms with Crippen molar-refractivity contribution in [2.24, 2.45) is 0 Å². The molecule has 2 heterocycles. The van der Waals surface area contributed by atoms with Crippen molar-refractivity contribution in [1.29, 1.82) is 0 Å². The first kappa shape index (κ1) is 20.0. The molecule has 1 aromatic heterocycles. The predicted molar refractivity (Wildman–Crippen MR) is 106 cm³/mol. The summed E-state index contributed by atoms with van der Waals surface area (Å²) in [5.41, 5.74) is 2.29. The van der Waals surface area contributed by atoms with Gasteiger partial charge < -0.3 is 4.90 Å². The molecule has 0 saturated carbocycles. The van der Waals surface area contributed by atoms with E-state index in [1.807, 2.05) is 18.2 Å². The van der Waals surface area contributed by atoms with Crippen molar-refractivity contribution in [3.05, 3.63) is 47.3 Å². The van der Waals surface area contributed by atoms with Gasteiger partial charge in [0.15, 0.2) is 0 Å². The van der Waals surface area contributed by atoms with Crippen LogP contribution in [0.4, 0.5) is 0 Å². The summed E-state index contributed by atoms with van der Waals surface area (Å²) in [4.78, 5) is 4.96. The van der Waals surface area contributed by atoms with Crippen molar-refractivity contribution in [2.45, 2.75) is 31.2 Å². The van der Waals surface area contributed by atoms with Crippen LogP contribution in [0, 0.1) is 13.8 Å². The van der Waals surface area contributed by atoms with Crippen LogP contribution in [-0.2, 0) is 16.4 Å². The topological polar surface area (TPSA) is 81.3 Å². The van der Waals surface area contributed by atoms with Crippen LogP contribution in [0.1, 0.15) is 17.0 Å². The van der Waals surface area contributed by atoms with Crippen LogP contribution in [0.25, 0.3) is 0 Å².